The number of para-hydroxylation sites is 1. The van der Waals surface area contributed by atoms with Gasteiger partial charge < -0.3 is 4.57 Å². The topological polar surface area (TPSA) is 50.7 Å². The van der Waals surface area contributed by atoms with Crippen LogP contribution in [0.2, 0.25) is 0 Å². The summed E-state index contributed by atoms with van der Waals surface area (Å²) >= 11 is 0. The second kappa shape index (κ2) is 5.14. The molecule has 5 heteroatoms. The predicted molar refractivity (Wildman–Crippen MR) is 96.1 cm³/mol. The van der Waals surface area contributed by atoms with Gasteiger partial charge >= 0.3 is 0 Å². The molecule has 24 heavy (non-hydrogen) atoms. The molecule has 0 saturated heterocycles. The SMILES string of the molecule is [B]c1ccc(-n2c(=O)c(C#N)cc3c2c2ccccc2n3C)cc1. The Kier molecular flexibility index (Phi) is 3.07. The first-order valence-electron chi connectivity index (χ1n) is 7.51. The molecule has 4 rings (SSSR count). The molecule has 0 saturated carbocycles. The van der Waals surface area contributed by atoms with E-state index in [0.29, 0.717) is 11.2 Å². The highest BCUT2D eigenvalue weighted by molar-refractivity contribution is 6.32. The zero-order chi connectivity index (χ0) is 16.8. The number of fused-ring (bicyclic) bond motifs is 3. The fourth-order valence-corrected chi connectivity index (χ4v) is 3.16. The van der Waals surface area contributed by atoms with Gasteiger partial charge in [0.05, 0.1) is 16.6 Å². The molecule has 0 spiro atoms. The molecule has 2 aromatic heterocycles. The van der Waals surface area contributed by atoms with Crippen molar-refractivity contribution in [1.29, 1.82) is 5.26 Å². The van der Waals surface area contributed by atoms with Crippen molar-refractivity contribution in [3.05, 3.63) is 70.5 Å². The molecule has 0 bridgehead atoms. The lowest BCUT2D eigenvalue weighted by molar-refractivity contribution is 0.991. The van der Waals surface area contributed by atoms with Crippen molar-refractivity contribution in [3.63, 3.8) is 0 Å². The molecule has 0 unspecified atom stereocenters. The Morgan fingerprint density at radius 1 is 1.04 bits per heavy atom. The van der Waals surface area contributed by atoms with Crippen molar-refractivity contribution in [2.24, 2.45) is 7.05 Å². The second-order valence-electron chi connectivity index (χ2n) is 5.71. The first-order valence-corrected chi connectivity index (χ1v) is 7.51. The molecular weight excluding hydrogens is 297 g/mol. The lowest BCUT2D eigenvalue weighted by atomic mass is 9.96. The van der Waals surface area contributed by atoms with Gasteiger partial charge in [-0.15, -0.1) is 0 Å². The average Bonchev–Trinajstić information content (AvgIpc) is 2.88. The van der Waals surface area contributed by atoms with E-state index in [1.165, 1.54) is 0 Å². The zero-order valence-corrected chi connectivity index (χ0v) is 13.0. The lowest BCUT2D eigenvalue weighted by Gasteiger charge is -2.10. The number of aryl methyl sites for hydroxylation is 1. The minimum Gasteiger partial charge on any atom is -0.342 e. The van der Waals surface area contributed by atoms with E-state index in [9.17, 15) is 10.1 Å². The van der Waals surface area contributed by atoms with Gasteiger partial charge in [-0.3, -0.25) is 9.36 Å². The van der Waals surface area contributed by atoms with Gasteiger partial charge in [0.2, 0.25) is 0 Å². The summed E-state index contributed by atoms with van der Waals surface area (Å²) in [6.45, 7) is 0. The van der Waals surface area contributed by atoms with Crippen molar-refractivity contribution < 1.29 is 0 Å². The highest BCUT2D eigenvalue weighted by Gasteiger charge is 2.17. The summed E-state index contributed by atoms with van der Waals surface area (Å²) in [5, 5.41) is 10.3. The summed E-state index contributed by atoms with van der Waals surface area (Å²) in [6.07, 6.45) is 0. The van der Waals surface area contributed by atoms with Crippen LogP contribution in [0.25, 0.3) is 27.6 Å². The van der Waals surface area contributed by atoms with Gasteiger partial charge in [-0.25, -0.2) is 0 Å². The van der Waals surface area contributed by atoms with Crippen LogP contribution in [0.1, 0.15) is 5.56 Å². The predicted octanol–water partition coefficient (Wildman–Crippen LogP) is 2.15. The van der Waals surface area contributed by atoms with E-state index >= 15 is 0 Å². The molecule has 0 N–H and O–H groups in total. The molecule has 0 fully saturated rings. The van der Waals surface area contributed by atoms with Crippen LogP contribution >= 0.6 is 0 Å². The summed E-state index contributed by atoms with van der Waals surface area (Å²) in [6, 6.07) is 18.6. The first kappa shape index (κ1) is 14.3. The van der Waals surface area contributed by atoms with Crippen LogP contribution in [-0.2, 0) is 7.05 Å². The number of pyridine rings is 1. The fraction of sp³-hybridized carbons (Fsp3) is 0.0526. The van der Waals surface area contributed by atoms with Gasteiger partial charge in [0, 0.05) is 18.1 Å². The Balaban J connectivity index is 2.28. The van der Waals surface area contributed by atoms with E-state index in [4.69, 9.17) is 7.85 Å². The highest BCUT2D eigenvalue weighted by Crippen LogP contribution is 2.29. The summed E-state index contributed by atoms with van der Waals surface area (Å²) in [7, 11) is 7.70. The third-order valence-electron chi connectivity index (χ3n) is 4.33. The van der Waals surface area contributed by atoms with E-state index in [2.05, 4.69) is 0 Å². The smallest absolute Gasteiger partial charge is 0.273 e. The zero-order valence-electron chi connectivity index (χ0n) is 13.0. The van der Waals surface area contributed by atoms with E-state index in [1.807, 2.05) is 41.9 Å². The molecule has 0 aliphatic rings. The molecule has 2 radical (unpaired) electrons. The molecule has 4 nitrogen and oxygen atoms in total. The molecule has 112 valence electrons. The van der Waals surface area contributed by atoms with Crippen LogP contribution in [0, 0.1) is 11.3 Å². The molecular formula is C19H12BN3O. The number of rotatable bonds is 1. The maximum absolute atomic E-state index is 12.9. The largest absolute Gasteiger partial charge is 0.342 e. The summed E-state index contributed by atoms with van der Waals surface area (Å²) in [5.74, 6) is 0. The van der Waals surface area contributed by atoms with Crippen molar-refractivity contribution >= 4 is 35.2 Å². The normalized spacial score (nSPS) is 11.0. The number of benzene rings is 2. The molecule has 4 aromatic rings. The standard InChI is InChI=1S/C19H12BN3O/c1-22-16-5-3-2-4-15(16)18-17(22)10-12(11-21)19(24)23(18)14-8-6-13(20)7-9-14/h2-10H,1H3. The Bertz CT molecular complexity index is 1190. The fourth-order valence-electron chi connectivity index (χ4n) is 3.16. The van der Waals surface area contributed by atoms with E-state index in [1.54, 1.807) is 34.9 Å². The van der Waals surface area contributed by atoms with Gasteiger partial charge in [-0.2, -0.15) is 5.26 Å². The molecule has 0 aliphatic heterocycles. The van der Waals surface area contributed by atoms with Gasteiger partial charge in [0.1, 0.15) is 19.5 Å². The summed E-state index contributed by atoms with van der Waals surface area (Å²) in [4.78, 5) is 12.9. The Hall–Kier alpha value is -3.26. The van der Waals surface area contributed by atoms with Crippen LogP contribution in [0.3, 0.4) is 0 Å². The number of hydrogen-bond acceptors (Lipinski definition) is 2. The second-order valence-corrected chi connectivity index (χ2v) is 5.71. The van der Waals surface area contributed by atoms with E-state index in [0.717, 1.165) is 21.9 Å². The Morgan fingerprint density at radius 2 is 1.75 bits per heavy atom. The van der Waals surface area contributed by atoms with Crippen LogP contribution < -0.4 is 11.0 Å². The highest BCUT2D eigenvalue weighted by atomic mass is 16.1. The van der Waals surface area contributed by atoms with Crippen molar-refractivity contribution in [1.82, 2.24) is 9.13 Å². The molecule has 2 heterocycles. The first-order chi connectivity index (χ1) is 11.6. The van der Waals surface area contributed by atoms with Crippen LogP contribution in [0.4, 0.5) is 0 Å². The summed E-state index contributed by atoms with van der Waals surface area (Å²) < 4.78 is 3.59. The number of nitriles is 1. The molecule has 0 amide bonds. The van der Waals surface area contributed by atoms with Gasteiger partial charge in [0.25, 0.3) is 5.56 Å². The van der Waals surface area contributed by atoms with Crippen LogP contribution in [0.5, 0.6) is 0 Å². The quantitative estimate of drug-likeness (QED) is 0.506. The van der Waals surface area contributed by atoms with Crippen molar-refractivity contribution in [2.45, 2.75) is 0 Å². The molecule has 0 aliphatic carbocycles. The van der Waals surface area contributed by atoms with E-state index in [-0.39, 0.29) is 11.1 Å². The third-order valence-corrected chi connectivity index (χ3v) is 4.33. The monoisotopic (exact) mass is 309 g/mol. The Labute approximate surface area is 139 Å². The van der Waals surface area contributed by atoms with Gasteiger partial charge in [0.15, 0.2) is 0 Å². The van der Waals surface area contributed by atoms with Crippen LogP contribution in [-0.4, -0.2) is 17.0 Å². The minimum absolute atomic E-state index is 0.116. The maximum atomic E-state index is 12.9. The lowest BCUT2D eigenvalue weighted by Crippen LogP contribution is -2.21. The summed E-state index contributed by atoms with van der Waals surface area (Å²) in [5.41, 5.74) is 3.73. The maximum Gasteiger partial charge on any atom is 0.273 e. The molecule has 0 atom stereocenters. The minimum atomic E-state index is -0.328. The van der Waals surface area contributed by atoms with Crippen molar-refractivity contribution in [3.8, 4) is 11.8 Å². The molecule has 2 aromatic carbocycles. The van der Waals surface area contributed by atoms with Gasteiger partial charge in [-0.05, 0) is 24.3 Å². The Morgan fingerprint density at radius 3 is 2.46 bits per heavy atom. The van der Waals surface area contributed by atoms with E-state index < -0.39 is 0 Å². The van der Waals surface area contributed by atoms with Gasteiger partial charge in [-0.1, -0.05) is 35.8 Å². The number of hydrogen-bond donors (Lipinski definition) is 0. The average molecular weight is 309 g/mol. The van der Waals surface area contributed by atoms with Crippen molar-refractivity contribution in [2.75, 3.05) is 0 Å². The number of nitrogens with zero attached hydrogens (tertiary/aromatic N) is 3. The van der Waals surface area contributed by atoms with Crippen LogP contribution in [0.15, 0.2) is 59.4 Å². The third kappa shape index (κ3) is 1.90. The number of aromatic nitrogens is 2.